The smallest absolute Gasteiger partial charge is 0.419 e. The maximum Gasteiger partial charge on any atom is 0.419 e. The largest absolute Gasteiger partial charge is 0.462 e. The molecule has 42 heavy (non-hydrogen) atoms. The molecule has 3 aliphatic rings. The van der Waals surface area contributed by atoms with Gasteiger partial charge in [-0.25, -0.2) is 4.79 Å². The van der Waals surface area contributed by atoms with Gasteiger partial charge in [0.15, 0.2) is 0 Å². The zero-order valence-electron chi connectivity index (χ0n) is 24.5. The number of amides is 1. The molecule has 1 atom stereocenters. The van der Waals surface area contributed by atoms with Gasteiger partial charge in [0, 0.05) is 44.3 Å². The Bertz CT molecular complexity index is 1300. The number of halogens is 4. The van der Waals surface area contributed by atoms with Gasteiger partial charge in [0.05, 0.1) is 28.5 Å². The van der Waals surface area contributed by atoms with E-state index in [0.29, 0.717) is 57.3 Å². The number of piperazine rings is 1. The molecule has 0 radical (unpaired) electrons. The zero-order chi connectivity index (χ0) is 30.2. The predicted octanol–water partition coefficient (Wildman–Crippen LogP) is 5.24. The Morgan fingerprint density at radius 3 is 2.43 bits per heavy atom. The van der Waals surface area contributed by atoms with Crippen LogP contribution < -0.4 is 14.5 Å². The number of anilines is 2. The van der Waals surface area contributed by atoms with E-state index in [9.17, 15) is 18.0 Å². The van der Waals surface area contributed by atoms with Gasteiger partial charge in [0.2, 0.25) is 0 Å². The summed E-state index contributed by atoms with van der Waals surface area (Å²) in [7, 11) is 2.06. The number of aromatic nitrogens is 2. The van der Waals surface area contributed by atoms with Crippen LogP contribution in [0.3, 0.4) is 0 Å². The van der Waals surface area contributed by atoms with Gasteiger partial charge in [-0.15, -0.1) is 0 Å². The molecule has 1 aromatic heterocycles. The number of likely N-dealkylation sites (tertiary alicyclic amines) is 1. The summed E-state index contributed by atoms with van der Waals surface area (Å²) >= 11 is 6.03. The third-order valence-electron chi connectivity index (χ3n) is 7.95. The van der Waals surface area contributed by atoms with Crippen molar-refractivity contribution >= 4 is 29.2 Å². The van der Waals surface area contributed by atoms with Crippen LogP contribution in [0.2, 0.25) is 5.02 Å². The van der Waals surface area contributed by atoms with Crippen molar-refractivity contribution in [1.29, 1.82) is 0 Å². The fourth-order valence-corrected chi connectivity index (χ4v) is 6.04. The first-order valence-corrected chi connectivity index (χ1v) is 14.7. The van der Waals surface area contributed by atoms with Crippen molar-refractivity contribution in [3.8, 4) is 6.01 Å². The fraction of sp³-hybridized carbons (Fsp3) is 0.621. The highest BCUT2D eigenvalue weighted by Gasteiger charge is 2.39. The van der Waals surface area contributed by atoms with Crippen LogP contribution in [0.25, 0.3) is 0 Å². The quantitative estimate of drug-likeness (QED) is 0.455. The summed E-state index contributed by atoms with van der Waals surface area (Å²) in [6, 6.07) is 4.70. The number of hydrogen-bond donors (Lipinski definition) is 0. The van der Waals surface area contributed by atoms with E-state index < -0.39 is 17.3 Å². The number of carbonyl (C=O) groups is 1. The van der Waals surface area contributed by atoms with Crippen molar-refractivity contribution in [1.82, 2.24) is 19.8 Å². The molecular weight excluding hydrogens is 573 g/mol. The molecule has 13 heteroatoms. The van der Waals surface area contributed by atoms with Crippen LogP contribution in [0, 0.1) is 0 Å². The second kappa shape index (κ2) is 11.9. The molecule has 0 unspecified atom stereocenters. The van der Waals surface area contributed by atoms with Crippen LogP contribution in [0.4, 0.5) is 29.5 Å². The summed E-state index contributed by atoms with van der Waals surface area (Å²) in [6.07, 6.45) is -2.39. The Balaban J connectivity index is 1.41. The highest BCUT2D eigenvalue weighted by atomic mass is 35.5. The molecule has 0 spiro atoms. The summed E-state index contributed by atoms with van der Waals surface area (Å²) in [6.45, 7) is 9.42. The molecule has 4 heterocycles. The maximum absolute atomic E-state index is 14.0. The third-order valence-corrected chi connectivity index (χ3v) is 8.26. The van der Waals surface area contributed by atoms with Crippen molar-refractivity contribution in [3.63, 3.8) is 0 Å². The van der Waals surface area contributed by atoms with Crippen molar-refractivity contribution < 1.29 is 27.4 Å². The normalized spacial score (nSPS) is 20.1. The number of carbonyl (C=O) groups excluding carboxylic acids is 1. The molecule has 2 fully saturated rings. The van der Waals surface area contributed by atoms with Gasteiger partial charge in [0.1, 0.15) is 18.0 Å². The first-order chi connectivity index (χ1) is 19.8. The molecule has 2 aromatic rings. The number of likely N-dealkylation sites (N-methyl/N-ethyl adjacent to an activating group) is 1. The lowest BCUT2D eigenvalue weighted by Crippen LogP contribution is -2.50. The molecule has 0 aliphatic carbocycles. The third kappa shape index (κ3) is 6.80. The predicted molar refractivity (Wildman–Crippen MR) is 154 cm³/mol. The van der Waals surface area contributed by atoms with E-state index in [0.717, 1.165) is 24.9 Å². The van der Waals surface area contributed by atoms with Gasteiger partial charge in [-0.3, -0.25) is 0 Å². The number of hydrogen-bond acceptors (Lipinski definition) is 8. The van der Waals surface area contributed by atoms with Crippen LogP contribution in [0.15, 0.2) is 18.2 Å². The Kier molecular flexibility index (Phi) is 8.67. The Morgan fingerprint density at radius 2 is 1.79 bits per heavy atom. The SMILES string of the molecule is CN1CCC[C@@H]1COc1nc2c(c(N3CCN(C(=O)OC(C)(C)C)CC3)n1)CCN(c1cccc(Cl)c1C(F)(F)F)C2. The average Bonchev–Trinajstić information content (AvgIpc) is 3.33. The first-order valence-electron chi connectivity index (χ1n) is 14.4. The van der Waals surface area contributed by atoms with E-state index in [1.54, 1.807) is 9.80 Å². The number of benzene rings is 1. The van der Waals surface area contributed by atoms with Crippen molar-refractivity contribution in [3.05, 3.63) is 40.0 Å². The lowest BCUT2D eigenvalue weighted by molar-refractivity contribution is -0.137. The molecule has 1 aromatic carbocycles. The lowest BCUT2D eigenvalue weighted by Gasteiger charge is -2.38. The van der Waals surface area contributed by atoms with Gasteiger partial charge in [-0.1, -0.05) is 17.7 Å². The van der Waals surface area contributed by atoms with E-state index in [1.165, 1.54) is 18.2 Å². The number of nitrogens with zero attached hydrogens (tertiary/aromatic N) is 6. The molecule has 0 bridgehead atoms. The Hall–Kier alpha value is -2.99. The highest BCUT2D eigenvalue weighted by Crippen LogP contribution is 2.43. The van der Waals surface area contributed by atoms with Gasteiger partial charge >= 0.3 is 18.3 Å². The van der Waals surface area contributed by atoms with Gasteiger partial charge in [-0.2, -0.15) is 23.1 Å². The Morgan fingerprint density at radius 1 is 1.05 bits per heavy atom. The zero-order valence-corrected chi connectivity index (χ0v) is 25.3. The highest BCUT2D eigenvalue weighted by molar-refractivity contribution is 6.31. The van der Waals surface area contributed by atoms with Gasteiger partial charge in [0.25, 0.3) is 0 Å². The van der Waals surface area contributed by atoms with Crippen molar-refractivity contribution in [2.75, 3.05) is 62.7 Å². The summed E-state index contributed by atoms with van der Waals surface area (Å²) < 4.78 is 53.6. The van der Waals surface area contributed by atoms with Crippen LogP contribution in [0.5, 0.6) is 6.01 Å². The minimum absolute atomic E-state index is 0.0295. The number of fused-ring (bicyclic) bond motifs is 1. The maximum atomic E-state index is 14.0. The van der Waals surface area contributed by atoms with E-state index >= 15 is 0 Å². The van der Waals surface area contributed by atoms with E-state index in [2.05, 4.69) is 16.8 Å². The molecule has 0 N–H and O–H groups in total. The second-order valence-electron chi connectivity index (χ2n) is 12.1. The number of rotatable bonds is 5. The minimum atomic E-state index is -4.60. The summed E-state index contributed by atoms with van der Waals surface area (Å²) in [5.74, 6) is 0.709. The number of alkyl halides is 3. The molecule has 9 nitrogen and oxygen atoms in total. The summed E-state index contributed by atoms with van der Waals surface area (Å²) in [4.78, 5) is 29.8. The van der Waals surface area contributed by atoms with Crippen LogP contribution in [-0.4, -0.2) is 90.4 Å². The van der Waals surface area contributed by atoms with E-state index in [-0.39, 0.29) is 35.4 Å². The fourth-order valence-electron chi connectivity index (χ4n) is 5.77. The first kappa shape index (κ1) is 30.5. The molecule has 5 rings (SSSR count). The topological polar surface area (TPSA) is 74.3 Å². The molecule has 3 aliphatic heterocycles. The molecule has 2 saturated heterocycles. The van der Waals surface area contributed by atoms with Crippen LogP contribution in [0.1, 0.15) is 50.4 Å². The van der Waals surface area contributed by atoms with Crippen LogP contribution in [-0.2, 0) is 23.9 Å². The molecule has 1 amide bonds. The molecular formula is C29H38ClF3N6O3. The minimum Gasteiger partial charge on any atom is -0.462 e. The monoisotopic (exact) mass is 610 g/mol. The average molecular weight is 611 g/mol. The van der Waals surface area contributed by atoms with Crippen molar-refractivity contribution in [2.45, 2.75) is 64.4 Å². The molecule has 230 valence electrons. The van der Waals surface area contributed by atoms with Crippen molar-refractivity contribution in [2.24, 2.45) is 0 Å². The van der Waals surface area contributed by atoms with E-state index in [1.807, 2.05) is 20.8 Å². The standard InChI is InChI=1S/C29H38ClF3N6O3/c1-28(2,3)42-27(40)38-15-13-37(14-16-38)25-20-10-12-39(23-9-5-8-21(30)24(23)29(31,32)33)17-22(20)34-26(35-25)41-18-19-7-6-11-36(19)4/h5,8-9,19H,6-7,10-18H2,1-4H3/t19-/m1/s1. The van der Waals surface area contributed by atoms with Gasteiger partial charge in [-0.05, 0) is 65.8 Å². The molecule has 0 saturated carbocycles. The summed E-state index contributed by atoms with van der Waals surface area (Å²) in [5, 5.41) is -0.332. The lowest BCUT2D eigenvalue weighted by atomic mass is 10.0. The van der Waals surface area contributed by atoms with E-state index in [4.69, 9.17) is 31.0 Å². The second-order valence-corrected chi connectivity index (χ2v) is 12.5. The van der Waals surface area contributed by atoms with Gasteiger partial charge < -0.3 is 29.1 Å². The number of ether oxygens (including phenoxy) is 2. The Labute approximate surface area is 249 Å². The van der Waals surface area contributed by atoms with Crippen LogP contribution >= 0.6 is 11.6 Å². The summed E-state index contributed by atoms with van der Waals surface area (Å²) in [5.41, 5.74) is 0.118.